The lowest BCUT2D eigenvalue weighted by Gasteiger charge is -2.24. The first-order chi connectivity index (χ1) is 9.86. The van der Waals surface area contributed by atoms with Gasteiger partial charge in [0.1, 0.15) is 0 Å². The van der Waals surface area contributed by atoms with Crippen LogP contribution in [0.15, 0.2) is 24.3 Å². The maximum Gasteiger partial charge on any atom is 0.239 e. The molecule has 0 aromatic heterocycles. The molecule has 1 aliphatic carbocycles. The lowest BCUT2D eigenvalue weighted by molar-refractivity contribution is -0.125. The third-order valence-electron chi connectivity index (χ3n) is 3.71. The van der Waals surface area contributed by atoms with E-state index in [0.717, 1.165) is 30.5 Å². The summed E-state index contributed by atoms with van der Waals surface area (Å²) < 4.78 is 0. The van der Waals surface area contributed by atoms with Gasteiger partial charge in [-0.05, 0) is 44.4 Å². The summed E-state index contributed by atoms with van der Waals surface area (Å²) in [6.07, 6.45) is 3.10. The maximum absolute atomic E-state index is 11.9. The molecule has 1 aromatic rings. The number of amides is 2. The number of rotatable bonds is 5. The Balaban J connectivity index is 1.91. The van der Waals surface area contributed by atoms with Gasteiger partial charge in [-0.3, -0.25) is 9.59 Å². The SMILES string of the molecule is CC(C)(N)C(=O)NCc1cccc(NC(=O)C2CCC2)c1. The van der Waals surface area contributed by atoms with Crippen molar-refractivity contribution in [1.82, 2.24) is 5.32 Å². The van der Waals surface area contributed by atoms with Crippen LogP contribution in [0.5, 0.6) is 0 Å². The fraction of sp³-hybridized carbons (Fsp3) is 0.500. The zero-order valence-corrected chi connectivity index (χ0v) is 12.6. The summed E-state index contributed by atoms with van der Waals surface area (Å²) in [5, 5.41) is 5.71. The first-order valence-electron chi connectivity index (χ1n) is 7.33. The lowest BCUT2D eigenvalue weighted by Crippen LogP contribution is -2.48. The number of carbonyl (C=O) groups is 2. The van der Waals surface area contributed by atoms with Crippen LogP contribution in [0.2, 0.25) is 0 Å². The average Bonchev–Trinajstić information content (AvgIpc) is 2.33. The molecule has 0 unspecified atom stereocenters. The molecule has 1 aromatic carbocycles. The summed E-state index contributed by atoms with van der Waals surface area (Å²) in [6.45, 7) is 3.72. The summed E-state index contributed by atoms with van der Waals surface area (Å²) in [5.41, 5.74) is 6.53. The van der Waals surface area contributed by atoms with Crippen molar-refractivity contribution in [3.05, 3.63) is 29.8 Å². The molecule has 1 fully saturated rings. The van der Waals surface area contributed by atoms with E-state index in [0.29, 0.717) is 6.54 Å². The number of hydrogen-bond donors (Lipinski definition) is 3. The standard InChI is InChI=1S/C16H23N3O2/c1-16(2,17)15(21)18-10-11-5-3-8-13(9-11)19-14(20)12-6-4-7-12/h3,5,8-9,12H,4,6-7,10,17H2,1-2H3,(H,18,21)(H,19,20). The highest BCUT2D eigenvalue weighted by Crippen LogP contribution is 2.27. The van der Waals surface area contributed by atoms with Gasteiger partial charge >= 0.3 is 0 Å². The fourth-order valence-corrected chi connectivity index (χ4v) is 2.08. The highest BCUT2D eigenvalue weighted by molar-refractivity contribution is 5.93. The minimum absolute atomic E-state index is 0.0885. The summed E-state index contributed by atoms with van der Waals surface area (Å²) in [6, 6.07) is 7.50. The molecular formula is C16H23N3O2. The van der Waals surface area contributed by atoms with E-state index in [1.165, 1.54) is 0 Å². The van der Waals surface area contributed by atoms with Crippen LogP contribution in [0.3, 0.4) is 0 Å². The quantitative estimate of drug-likeness (QED) is 0.772. The van der Waals surface area contributed by atoms with Gasteiger partial charge in [-0.15, -0.1) is 0 Å². The van der Waals surface area contributed by atoms with Gasteiger partial charge in [0.25, 0.3) is 0 Å². The van der Waals surface area contributed by atoms with Gasteiger partial charge in [0.15, 0.2) is 0 Å². The van der Waals surface area contributed by atoms with Crippen molar-refractivity contribution >= 4 is 17.5 Å². The number of nitrogens with one attached hydrogen (secondary N) is 2. The molecule has 5 heteroatoms. The Labute approximate surface area is 125 Å². The van der Waals surface area contributed by atoms with Crippen LogP contribution >= 0.6 is 0 Å². The zero-order valence-electron chi connectivity index (χ0n) is 12.6. The highest BCUT2D eigenvalue weighted by atomic mass is 16.2. The smallest absolute Gasteiger partial charge is 0.239 e. The molecule has 5 nitrogen and oxygen atoms in total. The minimum Gasteiger partial charge on any atom is -0.350 e. The van der Waals surface area contributed by atoms with E-state index in [1.54, 1.807) is 13.8 Å². The Hall–Kier alpha value is -1.88. The van der Waals surface area contributed by atoms with Crippen molar-refractivity contribution in [2.45, 2.75) is 45.2 Å². The van der Waals surface area contributed by atoms with E-state index < -0.39 is 5.54 Å². The molecule has 0 spiro atoms. The lowest BCUT2D eigenvalue weighted by atomic mass is 9.85. The minimum atomic E-state index is -0.893. The maximum atomic E-state index is 11.9. The molecule has 1 saturated carbocycles. The van der Waals surface area contributed by atoms with Crippen LogP contribution in [-0.4, -0.2) is 17.4 Å². The van der Waals surface area contributed by atoms with E-state index >= 15 is 0 Å². The van der Waals surface area contributed by atoms with E-state index in [1.807, 2.05) is 24.3 Å². The Morgan fingerprint density at radius 3 is 2.62 bits per heavy atom. The molecule has 0 radical (unpaired) electrons. The molecule has 114 valence electrons. The molecule has 1 aliphatic rings. The number of hydrogen-bond acceptors (Lipinski definition) is 3. The van der Waals surface area contributed by atoms with Gasteiger partial charge in [0.05, 0.1) is 5.54 Å². The Kier molecular flexibility index (Phi) is 4.63. The third-order valence-corrected chi connectivity index (χ3v) is 3.71. The van der Waals surface area contributed by atoms with Crippen molar-refractivity contribution in [1.29, 1.82) is 0 Å². The fourth-order valence-electron chi connectivity index (χ4n) is 2.08. The molecule has 0 heterocycles. The molecule has 0 aliphatic heterocycles. The van der Waals surface area contributed by atoms with Crippen molar-refractivity contribution in [3.8, 4) is 0 Å². The van der Waals surface area contributed by atoms with Crippen LogP contribution in [0.4, 0.5) is 5.69 Å². The van der Waals surface area contributed by atoms with E-state index in [4.69, 9.17) is 5.73 Å². The average molecular weight is 289 g/mol. The van der Waals surface area contributed by atoms with Gasteiger partial charge in [-0.1, -0.05) is 18.6 Å². The monoisotopic (exact) mass is 289 g/mol. The normalized spacial score (nSPS) is 15.2. The number of benzene rings is 1. The summed E-state index contributed by atoms with van der Waals surface area (Å²) in [7, 11) is 0. The molecule has 21 heavy (non-hydrogen) atoms. The van der Waals surface area contributed by atoms with Crippen molar-refractivity contribution in [3.63, 3.8) is 0 Å². The first kappa shape index (κ1) is 15.5. The second-order valence-electron chi connectivity index (χ2n) is 6.22. The van der Waals surface area contributed by atoms with Crippen LogP contribution in [0, 0.1) is 5.92 Å². The zero-order chi connectivity index (χ0) is 15.5. The third kappa shape index (κ3) is 4.29. The molecule has 0 saturated heterocycles. The Morgan fingerprint density at radius 2 is 2.05 bits per heavy atom. The van der Waals surface area contributed by atoms with Crippen LogP contribution < -0.4 is 16.4 Å². The summed E-state index contributed by atoms with van der Waals surface area (Å²) in [4.78, 5) is 23.6. The van der Waals surface area contributed by atoms with E-state index in [2.05, 4.69) is 10.6 Å². The Bertz CT molecular complexity index is 531. The summed E-state index contributed by atoms with van der Waals surface area (Å²) >= 11 is 0. The second-order valence-corrected chi connectivity index (χ2v) is 6.22. The van der Waals surface area contributed by atoms with Crippen LogP contribution in [0.1, 0.15) is 38.7 Å². The topological polar surface area (TPSA) is 84.2 Å². The first-order valence-corrected chi connectivity index (χ1v) is 7.33. The molecule has 0 bridgehead atoms. The van der Waals surface area contributed by atoms with E-state index in [-0.39, 0.29) is 17.7 Å². The van der Waals surface area contributed by atoms with Crippen molar-refractivity contribution in [2.75, 3.05) is 5.32 Å². The molecular weight excluding hydrogens is 266 g/mol. The summed E-state index contributed by atoms with van der Waals surface area (Å²) in [5.74, 6) is 0.0448. The molecule has 0 atom stereocenters. The van der Waals surface area contributed by atoms with Crippen LogP contribution in [0.25, 0.3) is 0 Å². The predicted octanol–water partition coefficient (Wildman–Crippen LogP) is 1.78. The van der Waals surface area contributed by atoms with Gasteiger partial charge in [-0.2, -0.15) is 0 Å². The van der Waals surface area contributed by atoms with Gasteiger partial charge in [0, 0.05) is 18.2 Å². The number of nitrogens with two attached hydrogens (primary N) is 1. The Morgan fingerprint density at radius 1 is 1.33 bits per heavy atom. The molecule has 2 amide bonds. The molecule has 2 rings (SSSR count). The largest absolute Gasteiger partial charge is 0.350 e. The number of carbonyl (C=O) groups excluding carboxylic acids is 2. The van der Waals surface area contributed by atoms with Crippen LogP contribution in [-0.2, 0) is 16.1 Å². The predicted molar refractivity (Wildman–Crippen MR) is 82.5 cm³/mol. The van der Waals surface area contributed by atoms with Crippen molar-refractivity contribution < 1.29 is 9.59 Å². The van der Waals surface area contributed by atoms with E-state index in [9.17, 15) is 9.59 Å². The van der Waals surface area contributed by atoms with Crippen molar-refractivity contribution in [2.24, 2.45) is 11.7 Å². The number of anilines is 1. The second kappa shape index (κ2) is 6.26. The van der Waals surface area contributed by atoms with Gasteiger partial charge in [0.2, 0.25) is 11.8 Å². The molecule has 4 N–H and O–H groups in total. The highest BCUT2D eigenvalue weighted by Gasteiger charge is 2.25. The van der Waals surface area contributed by atoms with Gasteiger partial charge < -0.3 is 16.4 Å². The van der Waals surface area contributed by atoms with Gasteiger partial charge in [-0.25, -0.2) is 0 Å².